The monoisotopic (exact) mass is 178 g/mol. The highest BCUT2D eigenvalue weighted by molar-refractivity contribution is 7.13. The molecule has 2 rings (SSSR count). The number of aromatic nitrogens is 3. The third-order valence-electron chi connectivity index (χ3n) is 1.32. The van der Waals surface area contributed by atoms with Crippen molar-refractivity contribution in [3.05, 3.63) is 24.0 Å². The normalized spacial score (nSPS) is 10.0. The first-order valence-corrected chi connectivity index (χ1v) is 4.21. The Morgan fingerprint density at radius 3 is 2.67 bits per heavy atom. The summed E-state index contributed by atoms with van der Waals surface area (Å²) in [5.74, 6) is 0.426. The SMILES string of the molecule is Nc1cnc(-c2nccs2)cn1. The van der Waals surface area contributed by atoms with E-state index in [0.717, 1.165) is 10.7 Å². The number of anilines is 1. The number of nitrogen functional groups attached to an aromatic ring is 1. The second-order valence-electron chi connectivity index (χ2n) is 2.16. The number of nitrogens with two attached hydrogens (primary N) is 1. The van der Waals surface area contributed by atoms with Crippen molar-refractivity contribution in [1.82, 2.24) is 15.0 Å². The highest BCUT2D eigenvalue weighted by Gasteiger charge is 2.00. The lowest BCUT2D eigenvalue weighted by atomic mass is 10.5. The van der Waals surface area contributed by atoms with E-state index in [1.54, 1.807) is 12.4 Å². The Morgan fingerprint density at radius 2 is 2.08 bits per heavy atom. The predicted molar refractivity (Wildman–Crippen MR) is 47.6 cm³/mol. The summed E-state index contributed by atoms with van der Waals surface area (Å²) in [6, 6.07) is 0. The van der Waals surface area contributed by atoms with Gasteiger partial charge in [0.1, 0.15) is 16.5 Å². The van der Waals surface area contributed by atoms with Gasteiger partial charge in [-0.1, -0.05) is 0 Å². The van der Waals surface area contributed by atoms with Crippen molar-refractivity contribution in [3.63, 3.8) is 0 Å². The Hall–Kier alpha value is -1.49. The van der Waals surface area contributed by atoms with Crippen LogP contribution in [0.2, 0.25) is 0 Å². The second kappa shape index (κ2) is 2.86. The fourth-order valence-electron chi connectivity index (χ4n) is 0.798. The summed E-state index contributed by atoms with van der Waals surface area (Å²) in [6.45, 7) is 0. The molecule has 2 aromatic heterocycles. The van der Waals surface area contributed by atoms with Gasteiger partial charge >= 0.3 is 0 Å². The number of hydrogen-bond acceptors (Lipinski definition) is 5. The van der Waals surface area contributed by atoms with Gasteiger partial charge in [-0.15, -0.1) is 11.3 Å². The molecule has 0 unspecified atom stereocenters. The summed E-state index contributed by atoms with van der Waals surface area (Å²) in [5.41, 5.74) is 6.15. The Morgan fingerprint density at radius 1 is 1.17 bits per heavy atom. The average Bonchev–Trinajstić information content (AvgIpc) is 2.58. The molecule has 0 fully saturated rings. The molecular weight excluding hydrogens is 172 g/mol. The standard InChI is InChI=1S/C7H6N4S/c8-6-4-10-5(3-11-6)7-9-1-2-12-7/h1-4H,(H2,8,11). The van der Waals surface area contributed by atoms with Gasteiger partial charge < -0.3 is 5.73 Å². The molecule has 0 aliphatic heterocycles. The summed E-state index contributed by atoms with van der Waals surface area (Å²) in [5, 5.41) is 2.76. The van der Waals surface area contributed by atoms with E-state index in [-0.39, 0.29) is 0 Å². The average molecular weight is 178 g/mol. The van der Waals surface area contributed by atoms with Gasteiger partial charge in [0, 0.05) is 11.6 Å². The van der Waals surface area contributed by atoms with Gasteiger partial charge in [-0.2, -0.15) is 0 Å². The van der Waals surface area contributed by atoms with E-state index in [1.807, 2.05) is 5.38 Å². The Bertz CT molecular complexity index is 353. The van der Waals surface area contributed by atoms with Crippen molar-refractivity contribution in [1.29, 1.82) is 0 Å². The minimum Gasteiger partial charge on any atom is -0.382 e. The molecule has 0 saturated heterocycles. The maximum atomic E-state index is 5.39. The van der Waals surface area contributed by atoms with Crippen molar-refractivity contribution in [2.24, 2.45) is 0 Å². The highest BCUT2D eigenvalue weighted by Crippen LogP contribution is 2.17. The summed E-state index contributed by atoms with van der Waals surface area (Å²) in [7, 11) is 0. The molecule has 2 N–H and O–H groups in total. The first-order chi connectivity index (χ1) is 5.86. The van der Waals surface area contributed by atoms with Gasteiger partial charge in [-0.05, 0) is 0 Å². The molecule has 4 nitrogen and oxygen atoms in total. The highest BCUT2D eigenvalue weighted by atomic mass is 32.1. The summed E-state index contributed by atoms with van der Waals surface area (Å²) in [4.78, 5) is 12.1. The van der Waals surface area contributed by atoms with Crippen LogP contribution in [0.15, 0.2) is 24.0 Å². The van der Waals surface area contributed by atoms with Crippen LogP contribution in [0.25, 0.3) is 10.7 Å². The van der Waals surface area contributed by atoms with Gasteiger partial charge in [0.15, 0.2) is 0 Å². The first-order valence-electron chi connectivity index (χ1n) is 3.33. The first kappa shape index (κ1) is 7.17. The molecule has 0 aliphatic carbocycles. The molecule has 0 bridgehead atoms. The summed E-state index contributed by atoms with van der Waals surface area (Å²) < 4.78 is 0. The number of hydrogen-bond donors (Lipinski definition) is 1. The maximum Gasteiger partial charge on any atom is 0.143 e. The van der Waals surface area contributed by atoms with E-state index >= 15 is 0 Å². The topological polar surface area (TPSA) is 64.7 Å². The zero-order valence-corrected chi connectivity index (χ0v) is 6.95. The van der Waals surface area contributed by atoms with E-state index in [9.17, 15) is 0 Å². The van der Waals surface area contributed by atoms with Crippen LogP contribution in [0, 0.1) is 0 Å². The van der Waals surface area contributed by atoms with Crippen molar-refractivity contribution >= 4 is 17.2 Å². The van der Waals surface area contributed by atoms with E-state index in [1.165, 1.54) is 17.5 Å². The van der Waals surface area contributed by atoms with Crippen LogP contribution in [0.5, 0.6) is 0 Å². The molecule has 12 heavy (non-hydrogen) atoms. The van der Waals surface area contributed by atoms with Gasteiger partial charge in [0.05, 0.1) is 12.4 Å². The number of thiazole rings is 1. The van der Waals surface area contributed by atoms with Gasteiger partial charge in [0.25, 0.3) is 0 Å². The molecule has 0 spiro atoms. The lowest BCUT2D eigenvalue weighted by Crippen LogP contribution is -1.91. The minimum absolute atomic E-state index is 0.426. The van der Waals surface area contributed by atoms with Crippen LogP contribution in [-0.2, 0) is 0 Å². The van der Waals surface area contributed by atoms with Gasteiger partial charge in [-0.25, -0.2) is 15.0 Å². The zero-order valence-electron chi connectivity index (χ0n) is 6.14. The molecule has 2 aromatic rings. The molecule has 0 atom stereocenters. The predicted octanol–water partition coefficient (Wildman–Crippen LogP) is 1.18. The quantitative estimate of drug-likeness (QED) is 0.712. The Balaban J connectivity index is 2.43. The van der Waals surface area contributed by atoms with Gasteiger partial charge in [-0.3, -0.25) is 0 Å². The Kier molecular flexibility index (Phi) is 1.71. The lowest BCUT2D eigenvalue weighted by Gasteiger charge is -1.93. The number of rotatable bonds is 1. The van der Waals surface area contributed by atoms with Crippen LogP contribution >= 0.6 is 11.3 Å². The maximum absolute atomic E-state index is 5.39. The van der Waals surface area contributed by atoms with Crippen molar-refractivity contribution in [3.8, 4) is 10.7 Å². The Labute approximate surface area is 73.1 Å². The second-order valence-corrected chi connectivity index (χ2v) is 3.06. The molecule has 0 aliphatic rings. The smallest absolute Gasteiger partial charge is 0.143 e. The van der Waals surface area contributed by atoms with E-state index in [4.69, 9.17) is 5.73 Å². The van der Waals surface area contributed by atoms with E-state index < -0.39 is 0 Å². The molecule has 0 aromatic carbocycles. The molecule has 2 heterocycles. The van der Waals surface area contributed by atoms with Gasteiger partial charge in [0.2, 0.25) is 0 Å². The summed E-state index contributed by atoms with van der Waals surface area (Å²) >= 11 is 1.53. The molecule has 0 amide bonds. The number of nitrogens with zero attached hydrogens (tertiary/aromatic N) is 3. The van der Waals surface area contributed by atoms with Crippen molar-refractivity contribution < 1.29 is 0 Å². The van der Waals surface area contributed by atoms with Crippen molar-refractivity contribution in [2.75, 3.05) is 5.73 Å². The fourth-order valence-corrected chi connectivity index (χ4v) is 1.40. The van der Waals surface area contributed by atoms with Crippen LogP contribution in [0.4, 0.5) is 5.82 Å². The third kappa shape index (κ3) is 1.26. The van der Waals surface area contributed by atoms with E-state index in [0.29, 0.717) is 5.82 Å². The minimum atomic E-state index is 0.426. The molecule has 5 heteroatoms. The molecule has 0 radical (unpaired) electrons. The summed E-state index contributed by atoms with van der Waals surface area (Å²) in [6.07, 6.45) is 4.88. The van der Waals surface area contributed by atoms with E-state index in [2.05, 4.69) is 15.0 Å². The molecule has 0 saturated carbocycles. The molecule has 60 valence electrons. The third-order valence-corrected chi connectivity index (χ3v) is 2.12. The van der Waals surface area contributed by atoms with Crippen LogP contribution < -0.4 is 5.73 Å². The van der Waals surface area contributed by atoms with Crippen LogP contribution in [0.3, 0.4) is 0 Å². The molecular formula is C7H6N4S. The van der Waals surface area contributed by atoms with Crippen molar-refractivity contribution in [2.45, 2.75) is 0 Å². The largest absolute Gasteiger partial charge is 0.382 e. The lowest BCUT2D eigenvalue weighted by molar-refractivity contribution is 1.20. The zero-order chi connectivity index (χ0) is 8.39. The van der Waals surface area contributed by atoms with Crippen LogP contribution in [0.1, 0.15) is 0 Å². The van der Waals surface area contributed by atoms with Crippen LogP contribution in [-0.4, -0.2) is 15.0 Å². The fraction of sp³-hybridized carbons (Fsp3) is 0.